The van der Waals surface area contributed by atoms with Crippen LogP contribution in [0.2, 0.25) is 0 Å². The van der Waals surface area contributed by atoms with E-state index in [0.717, 1.165) is 17.1 Å². The summed E-state index contributed by atoms with van der Waals surface area (Å²) in [5.41, 5.74) is 0.441. The molecule has 11 heteroatoms. The van der Waals surface area contributed by atoms with Crippen LogP contribution in [-0.2, 0) is 14.6 Å². The number of sulfone groups is 1. The van der Waals surface area contributed by atoms with E-state index in [1.54, 1.807) is 24.3 Å². The highest BCUT2D eigenvalue weighted by Crippen LogP contribution is 2.22. The van der Waals surface area contributed by atoms with E-state index in [0.29, 0.717) is 24.5 Å². The molecule has 0 bridgehead atoms. The summed E-state index contributed by atoms with van der Waals surface area (Å²) in [7, 11) is -3.52. The van der Waals surface area contributed by atoms with Crippen LogP contribution in [0.3, 0.4) is 0 Å². The molecule has 3 rings (SSSR count). The molecule has 0 radical (unpaired) electrons. The fraction of sp³-hybridized carbons (Fsp3) is 0.182. The average Bonchev–Trinajstić information content (AvgIpc) is 3.31. The maximum Gasteiger partial charge on any atom is 0.268 e. The first kappa shape index (κ1) is 23.9. The first-order chi connectivity index (χ1) is 15.9. The molecule has 0 aliphatic carbocycles. The first-order valence-electron chi connectivity index (χ1n) is 9.81. The van der Waals surface area contributed by atoms with Gasteiger partial charge in [0.15, 0.2) is 0 Å². The van der Waals surface area contributed by atoms with Crippen molar-refractivity contribution in [2.24, 2.45) is 0 Å². The van der Waals surface area contributed by atoms with Crippen molar-refractivity contribution in [2.45, 2.75) is 11.3 Å². The quantitative estimate of drug-likeness (QED) is 0.201. The van der Waals surface area contributed by atoms with E-state index in [2.05, 4.69) is 15.5 Å². The minimum atomic E-state index is -3.52. The smallest absolute Gasteiger partial charge is 0.268 e. The van der Waals surface area contributed by atoms with Crippen LogP contribution in [0.4, 0.5) is 5.13 Å². The predicted octanol–water partition coefficient (Wildman–Crippen LogP) is 3.34. The molecule has 1 amide bonds. The molecule has 0 saturated heterocycles. The van der Waals surface area contributed by atoms with Crippen molar-refractivity contribution in [3.8, 4) is 17.6 Å². The minimum Gasteiger partial charge on any atom is -0.490 e. The summed E-state index contributed by atoms with van der Waals surface area (Å²) in [6, 6.07) is 18.1. The van der Waals surface area contributed by atoms with Crippen molar-refractivity contribution >= 4 is 38.3 Å². The van der Waals surface area contributed by atoms with Crippen LogP contribution in [0.15, 0.2) is 64.5 Å². The van der Waals surface area contributed by atoms with E-state index < -0.39 is 15.7 Å². The summed E-state index contributed by atoms with van der Waals surface area (Å²) in [6.45, 7) is 2.23. The van der Waals surface area contributed by atoms with Crippen molar-refractivity contribution in [1.82, 2.24) is 10.2 Å². The van der Waals surface area contributed by atoms with Gasteiger partial charge in [-0.3, -0.25) is 10.1 Å². The lowest BCUT2D eigenvalue weighted by Crippen LogP contribution is -2.13. The summed E-state index contributed by atoms with van der Waals surface area (Å²) >= 11 is 0.731. The van der Waals surface area contributed by atoms with Gasteiger partial charge in [-0.05, 0) is 35.9 Å². The Kier molecular flexibility index (Phi) is 8.12. The second-order valence-electron chi connectivity index (χ2n) is 6.48. The van der Waals surface area contributed by atoms with Crippen LogP contribution < -0.4 is 14.8 Å². The standard InChI is InChI=1S/C22H20N4O5S2/c1-2-33(28,29)22-26-25-21(32-22)24-20(27)17(15-23)14-16-8-10-19(11-9-16)31-13-12-30-18-6-4-3-5-7-18/h3-11,14H,2,12-13H2,1H3,(H,24,25,27)/b17-14-. The number of nitriles is 1. The highest BCUT2D eigenvalue weighted by atomic mass is 32.2. The van der Waals surface area contributed by atoms with E-state index in [1.807, 2.05) is 36.4 Å². The molecular formula is C22H20N4O5S2. The molecule has 0 saturated carbocycles. The average molecular weight is 485 g/mol. The number of para-hydroxylation sites is 1. The molecule has 0 aliphatic rings. The Balaban J connectivity index is 1.56. The molecule has 1 heterocycles. The van der Waals surface area contributed by atoms with Crippen molar-refractivity contribution in [2.75, 3.05) is 24.3 Å². The first-order valence-corrected chi connectivity index (χ1v) is 12.3. The van der Waals surface area contributed by atoms with Crippen molar-refractivity contribution < 1.29 is 22.7 Å². The second kappa shape index (κ2) is 11.2. The maximum atomic E-state index is 12.4. The Hall–Kier alpha value is -3.75. The zero-order chi connectivity index (χ0) is 23.7. The largest absolute Gasteiger partial charge is 0.490 e. The zero-order valence-electron chi connectivity index (χ0n) is 17.6. The maximum absolute atomic E-state index is 12.4. The third-order valence-electron chi connectivity index (χ3n) is 4.19. The predicted molar refractivity (Wildman–Crippen MR) is 124 cm³/mol. The fourth-order valence-corrected chi connectivity index (χ4v) is 4.47. The second-order valence-corrected chi connectivity index (χ2v) is 9.91. The number of aromatic nitrogens is 2. The van der Waals surface area contributed by atoms with Crippen molar-refractivity contribution in [1.29, 1.82) is 5.26 Å². The molecule has 0 atom stereocenters. The van der Waals surface area contributed by atoms with Crippen LogP contribution >= 0.6 is 11.3 Å². The van der Waals surface area contributed by atoms with Gasteiger partial charge in [-0.1, -0.05) is 48.6 Å². The van der Waals surface area contributed by atoms with Gasteiger partial charge in [-0.15, -0.1) is 10.2 Å². The molecule has 3 aromatic rings. The van der Waals surface area contributed by atoms with E-state index >= 15 is 0 Å². The summed E-state index contributed by atoms with van der Waals surface area (Å²) in [4.78, 5) is 12.4. The molecule has 170 valence electrons. The van der Waals surface area contributed by atoms with Gasteiger partial charge < -0.3 is 9.47 Å². The lowest BCUT2D eigenvalue weighted by molar-refractivity contribution is -0.112. The Morgan fingerprint density at radius 1 is 1.06 bits per heavy atom. The molecule has 1 N–H and O–H groups in total. The highest BCUT2D eigenvalue weighted by Gasteiger charge is 2.19. The molecule has 0 spiro atoms. The lowest BCUT2D eigenvalue weighted by Gasteiger charge is -2.08. The van der Waals surface area contributed by atoms with E-state index in [9.17, 15) is 18.5 Å². The number of rotatable bonds is 10. The number of carbonyl (C=O) groups is 1. The van der Waals surface area contributed by atoms with E-state index in [-0.39, 0.29) is 20.8 Å². The van der Waals surface area contributed by atoms with Crippen LogP contribution in [0, 0.1) is 11.3 Å². The number of ether oxygens (including phenoxy) is 2. The van der Waals surface area contributed by atoms with Gasteiger partial charge in [0.05, 0.1) is 5.75 Å². The number of amides is 1. The number of nitrogens with zero attached hydrogens (tertiary/aromatic N) is 3. The molecule has 0 aliphatic heterocycles. The van der Waals surface area contributed by atoms with E-state index in [1.165, 1.54) is 13.0 Å². The third-order valence-corrected chi connectivity index (χ3v) is 7.21. The van der Waals surface area contributed by atoms with Crippen LogP contribution in [0.25, 0.3) is 6.08 Å². The van der Waals surface area contributed by atoms with Gasteiger partial charge in [-0.25, -0.2) is 8.42 Å². The van der Waals surface area contributed by atoms with Gasteiger partial charge in [0.1, 0.15) is 36.4 Å². The minimum absolute atomic E-state index is 0.00496. The van der Waals surface area contributed by atoms with Gasteiger partial charge in [0, 0.05) is 0 Å². The number of benzene rings is 2. The summed E-state index contributed by atoms with van der Waals surface area (Å²) in [6.07, 6.45) is 1.41. The molecule has 9 nitrogen and oxygen atoms in total. The SMILES string of the molecule is CCS(=O)(=O)c1nnc(NC(=O)/C(C#N)=C\c2ccc(OCCOc3ccccc3)cc2)s1. The number of hydrogen-bond acceptors (Lipinski definition) is 9. The molecule has 2 aromatic carbocycles. The highest BCUT2D eigenvalue weighted by molar-refractivity contribution is 7.93. The van der Waals surface area contributed by atoms with Crippen LogP contribution in [0.5, 0.6) is 11.5 Å². The fourth-order valence-electron chi connectivity index (χ4n) is 2.49. The number of nitrogens with one attached hydrogen (secondary N) is 1. The van der Waals surface area contributed by atoms with Crippen molar-refractivity contribution in [3.63, 3.8) is 0 Å². The molecule has 1 aromatic heterocycles. The Labute approximate surface area is 195 Å². The Bertz CT molecular complexity index is 1260. The summed E-state index contributed by atoms with van der Waals surface area (Å²) in [5.74, 6) is 0.539. The van der Waals surface area contributed by atoms with E-state index in [4.69, 9.17) is 9.47 Å². The van der Waals surface area contributed by atoms with Crippen LogP contribution in [0.1, 0.15) is 12.5 Å². The normalized spacial score (nSPS) is 11.5. The Morgan fingerprint density at radius 2 is 1.70 bits per heavy atom. The van der Waals surface area contributed by atoms with Gasteiger partial charge >= 0.3 is 0 Å². The topological polar surface area (TPSA) is 131 Å². The van der Waals surface area contributed by atoms with Crippen molar-refractivity contribution in [3.05, 3.63) is 65.7 Å². The third kappa shape index (κ3) is 6.86. The summed E-state index contributed by atoms with van der Waals surface area (Å²) in [5, 5.41) is 19.0. The molecule has 0 unspecified atom stereocenters. The molecule has 0 fully saturated rings. The zero-order valence-corrected chi connectivity index (χ0v) is 19.2. The monoisotopic (exact) mass is 484 g/mol. The summed E-state index contributed by atoms with van der Waals surface area (Å²) < 4.78 is 34.6. The van der Waals surface area contributed by atoms with Crippen LogP contribution in [-0.4, -0.2) is 43.5 Å². The lowest BCUT2D eigenvalue weighted by atomic mass is 10.1. The number of anilines is 1. The van der Waals surface area contributed by atoms with Gasteiger partial charge in [0.25, 0.3) is 5.91 Å². The molecule has 33 heavy (non-hydrogen) atoms. The molecular weight excluding hydrogens is 464 g/mol. The van der Waals surface area contributed by atoms with Gasteiger partial charge in [0.2, 0.25) is 19.3 Å². The number of hydrogen-bond donors (Lipinski definition) is 1. The van der Waals surface area contributed by atoms with Gasteiger partial charge in [-0.2, -0.15) is 5.26 Å². The number of carbonyl (C=O) groups excluding carboxylic acids is 1. The Morgan fingerprint density at radius 3 is 2.30 bits per heavy atom.